The first-order valence-corrected chi connectivity index (χ1v) is 17.7. The van der Waals surface area contributed by atoms with Gasteiger partial charge < -0.3 is 24.8 Å². The van der Waals surface area contributed by atoms with Crippen LogP contribution in [0.15, 0.2) is 43.1 Å². The SMILES string of the molecule is C=CC1CC1(NC(=O)[C@@H]1CC[C@@H](Oc2ccnc3cc(OC)ccc23)N1C(=O)[C@H](NC(=O)OC(C)(C)C)C(C)(C)C)C(=O)NS(=O)(=O)N(C)C. The lowest BCUT2D eigenvalue weighted by atomic mass is 9.85. The van der Waals surface area contributed by atoms with E-state index in [0.717, 1.165) is 4.31 Å². The number of ether oxygens (including phenoxy) is 3. The number of hydrogen-bond donors (Lipinski definition) is 3. The molecule has 0 radical (unpaired) electrons. The van der Waals surface area contributed by atoms with E-state index in [0.29, 0.717) is 22.4 Å². The van der Waals surface area contributed by atoms with E-state index >= 15 is 0 Å². The molecule has 2 aromatic rings. The maximum absolute atomic E-state index is 14.6. The van der Waals surface area contributed by atoms with Crippen molar-refractivity contribution >= 4 is 44.9 Å². The fourth-order valence-electron chi connectivity index (χ4n) is 5.79. The van der Waals surface area contributed by atoms with Crippen LogP contribution in [0, 0.1) is 11.3 Å². The summed E-state index contributed by atoms with van der Waals surface area (Å²) in [6, 6.07) is 4.58. The average Bonchev–Trinajstić information content (AvgIpc) is 3.57. The zero-order chi connectivity index (χ0) is 37.4. The number of nitrogens with zero attached hydrogens (tertiary/aromatic N) is 3. The Morgan fingerprint density at radius 2 is 1.78 bits per heavy atom. The van der Waals surface area contributed by atoms with Crippen molar-refractivity contribution in [1.82, 2.24) is 29.5 Å². The topological polar surface area (TPSA) is 186 Å². The van der Waals surface area contributed by atoms with Crippen LogP contribution in [-0.2, 0) is 29.3 Å². The van der Waals surface area contributed by atoms with E-state index in [1.807, 2.05) is 4.72 Å². The van der Waals surface area contributed by atoms with Gasteiger partial charge in [0.2, 0.25) is 11.8 Å². The molecule has 1 saturated carbocycles. The number of alkyl carbamates (subject to hydrolysis) is 1. The number of hydrogen-bond acceptors (Lipinski definition) is 10. The van der Waals surface area contributed by atoms with Crippen LogP contribution in [0.1, 0.15) is 60.8 Å². The van der Waals surface area contributed by atoms with Crippen molar-refractivity contribution in [3.63, 3.8) is 0 Å². The van der Waals surface area contributed by atoms with Crippen LogP contribution in [0.5, 0.6) is 11.5 Å². The molecule has 0 bridgehead atoms. The van der Waals surface area contributed by atoms with E-state index in [1.165, 1.54) is 25.1 Å². The smallest absolute Gasteiger partial charge is 0.408 e. The van der Waals surface area contributed by atoms with Gasteiger partial charge in [-0.3, -0.25) is 24.3 Å². The van der Waals surface area contributed by atoms with Crippen LogP contribution in [0.25, 0.3) is 10.9 Å². The predicted octanol–water partition coefficient (Wildman–Crippen LogP) is 2.86. The molecule has 50 heavy (non-hydrogen) atoms. The third-order valence-corrected chi connectivity index (χ3v) is 10.00. The first-order valence-electron chi connectivity index (χ1n) is 16.2. The monoisotopic (exact) mass is 716 g/mol. The number of benzene rings is 1. The molecule has 15 nitrogen and oxygen atoms in total. The molecular formula is C34H48N6O9S. The summed E-state index contributed by atoms with van der Waals surface area (Å²) >= 11 is 0. The van der Waals surface area contributed by atoms with Crippen LogP contribution in [0.2, 0.25) is 0 Å². The van der Waals surface area contributed by atoms with Crippen LogP contribution in [0.4, 0.5) is 4.79 Å². The predicted molar refractivity (Wildman–Crippen MR) is 185 cm³/mol. The van der Waals surface area contributed by atoms with E-state index in [2.05, 4.69) is 22.2 Å². The van der Waals surface area contributed by atoms with Gasteiger partial charge in [0, 0.05) is 44.1 Å². The Balaban J connectivity index is 1.72. The van der Waals surface area contributed by atoms with Crippen molar-refractivity contribution in [3.05, 3.63) is 43.1 Å². The Kier molecular flexibility index (Phi) is 10.8. The van der Waals surface area contributed by atoms with Crippen molar-refractivity contribution in [2.24, 2.45) is 11.3 Å². The number of amides is 4. The molecule has 1 aromatic heterocycles. The maximum atomic E-state index is 14.6. The lowest BCUT2D eigenvalue weighted by Crippen LogP contribution is -2.62. The highest BCUT2D eigenvalue weighted by molar-refractivity contribution is 7.87. The molecule has 1 aromatic carbocycles. The van der Waals surface area contributed by atoms with Crippen molar-refractivity contribution in [3.8, 4) is 11.5 Å². The van der Waals surface area contributed by atoms with E-state index in [-0.39, 0.29) is 19.3 Å². The molecule has 2 fully saturated rings. The largest absolute Gasteiger partial charge is 0.497 e. The summed E-state index contributed by atoms with van der Waals surface area (Å²) in [5, 5.41) is 6.07. The normalized spacial score (nSPS) is 22.8. The third kappa shape index (κ3) is 8.29. The Morgan fingerprint density at radius 1 is 1.10 bits per heavy atom. The summed E-state index contributed by atoms with van der Waals surface area (Å²) in [7, 11) is -0.101. The highest BCUT2D eigenvalue weighted by Crippen LogP contribution is 2.45. The van der Waals surface area contributed by atoms with Gasteiger partial charge in [-0.05, 0) is 57.2 Å². The van der Waals surface area contributed by atoms with Crippen LogP contribution >= 0.6 is 0 Å². The third-order valence-electron chi connectivity index (χ3n) is 8.59. The molecule has 1 saturated heterocycles. The number of carbonyl (C=O) groups excluding carboxylic acids is 4. The fourth-order valence-corrected chi connectivity index (χ4v) is 6.38. The van der Waals surface area contributed by atoms with E-state index in [9.17, 15) is 27.6 Å². The van der Waals surface area contributed by atoms with Gasteiger partial charge in [-0.15, -0.1) is 6.58 Å². The molecular weight excluding hydrogens is 668 g/mol. The molecule has 4 rings (SSSR count). The minimum atomic E-state index is -4.17. The molecule has 2 unspecified atom stereocenters. The van der Waals surface area contributed by atoms with Crippen molar-refractivity contribution < 1.29 is 41.8 Å². The molecule has 274 valence electrons. The second-order valence-electron chi connectivity index (χ2n) is 14.8. The Bertz CT molecular complexity index is 1770. The molecule has 5 atom stereocenters. The van der Waals surface area contributed by atoms with Crippen LogP contribution < -0.4 is 24.8 Å². The van der Waals surface area contributed by atoms with Crippen molar-refractivity contribution in [1.29, 1.82) is 0 Å². The van der Waals surface area contributed by atoms with Gasteiger partial charge >= 0.3 is 16.3 Å². The van der Waals surface area contributed by atoms with Crippen molar-refractivity contribution in [2.45, 2.75) is 90.3 Å². The van der Waals surface area contributed by atoms with Crippen LogP contribution in [0.3, 0.4) is 0 Å². The van der Waals surface area contributed by atoms with E-state index in [1.54, 1.807) is 79.1 Å². The minimum absolute atomic E-state index is 0.106. The summed E-state index contributed by atoms with van der Waals surface area (Å²) in [6.45, 7) is 14.1. The van der Waals surface area contributed by atoms with Gasteiger partial charge in [-0.25, -0.2) is 9.52 Å². The summed E-state index contributed by atoms with van der Waals surface area (Å²) in [4.78, 5) is 60.9. The number of rotatable bonds is 11. The highest BCUT2D eigenvalue weighted by atomic mass is 32.2. The summed E-state index contributed by atoms with van der Waals surface area (Å²) < 4.78 is 45.1. The number of pyridine rings is 1. The molecule has 2 aliphatic rings. The fraction of sp³-hybridized carbons (Fsp3) is 0.559. The Hall–Kier alpha value is -4.44. The molecule has 1 aliphatic heterocycles. The van der Waals surface area contributed by atoms with Gasteiger partial charge in [-0.1, -0.05) is 26.8 Å². The quantitative estimate of drug-likeness (QED) is 0.292. The Morgan fingerprint density at radius 3 is 2.34 bits per heavy atom. The molecule has 0 spiro atoms. The minimum Gasteiger partial charge on any atom is -0.497 e. The maximum Gasteiger partial charge on any atom is 0.408 e. The molecule has 2 heterocycles. The highest BCUT2D eigenvalue weighted by Gasteiger charge is 2.61. The molecule has 16 heteroatoms. The number of aromatic nitrogens is 1. The van der Waals surface area contributed by atoms with Gasteiger partial charge in [0.05, 0.1) is 12.6 Å². The zero-order valence-electron chi connectivity index (χ0n) is 30.0. The first kappa shape index (κ1) is 38.4. The number of carbonyl (C=O) groups is 4. The second kappa shape index (κ2) is 14.1. The lowest BCUT2D eigenvalue weighted by Gasteiger charge is -2.38. The number of fused-ring (bicyclic) bond motifs is 1. The van der Waals surface area contributed by atoms with Gasteiger partial charge in [-0.2, -0.15) is 12.7 Å². The number of likely N-dealkylation sites (tertiary alicyclic amines) is 1. The molecule has 3 N–H and O–H groups in total. The standard InChI is InChI=1S/C34H48N6O9S/c1-11-20-19-34(20,30(43)38-50(45,46)39(8)9)37-28(41)24-14-15-26(48-25-16-17-35-23-18-21(47-10)12-13-22(23)25)40(24)29(42)27(32(2,3)4)36-31(44)49-33(5,6)7/h11-13,16-18,20,24,26-27H,1,14-15,19H2,2-10H3,(H,36,44)(H,37,41)(H,38,43)/t20?,24-,26+,27-,34?/m0/s1. The Labute approximate surface area is 293 Å². The first-order chi connectivity index (χ1) is 23.1. The van der Waals surface area contributed by atoms with Crippen molar-refractivity contribution in [2.75, 3.05) is 21.2 Å². The van der Waals surface area contributed by atoms with Crippen LogP contribution in [-0.4, -0.2) is 97.1 Å². The molecule has 4 amide bonds. The van der Waals surface area contributed by atoms with E-state index in [4.69, 9.17) is 14.2 Å². The number of methoxy groups -OCH3 is 1. The summed E-state index contributed by atoms with van der Waals surface area (Å²) in [5.41, 5.74) is -2.72. The van der Waals surface area contributed by atoms with E-state index < -0.39 is 74.8 Å². The lowest BCUT2D eigenvalue weighted by molar-refractivity contribution is -0.149. The number of nitrogens with one attached hydrogen (secondary N) is 3. The second-order valence-corrected chi connectivity index (χ2v) is 16.7. The van der Waals surface area contributed by atoms with Gasteiger partial charge in [0.1, 0.15) is 34.7 Å². The summed E-state index contributed by atoms with van der Waals surface area (Å²) in [6.07, 6.45) is 1.68. The molecule has 1 aliphatic carbocycles. The average molecular weight is 717 g/mol. The summed E-state index contributed by atoms with van der Waals surface area (Å²) in [5.74, 6) is -1.81. The zero-order valence-corrected chi connectivity index (χ0v) is 30.8. The van der Waals surface area contributed by atoms with Gasteiger partial charge in [0.15, 0.2) is 6.23 Å². The van der Waals surface area contributed by atoms with Gasteiger partial charge in [0.25, 0.3) is 5.91 Å².